The Morgan fingerprint density at radius 1 is 1.65 bits per heavy atom. The highest BCUT2D eigenvalue weighted by Crippen LogP contribution is 2.29. The van der Waals surface area contributed by atoms with Gasteiger partial charge >= 0.3 is 0 Å². The van der Waals surface area contributed by atoms with Crippen molar-refractivity contribution in [2.45, 2.75) is 25.5 Å². The molecule has 90 valence electrons. The number of ether oxygens (including phenoxy) is 1. The number of hydrogen-bond acceptors (Lipinski definition) is 3. The van der Waals surface area contributed by atoms with Gasteiger partial charge in [0.25, 0.3) is 0 Å². The number of rotatable bonds is 1. The molecule has 1 N–H and O–H groups in total. The van der Waals surface area contributed by atoms with Crippen LogP contribution < -0.4 is 0 Å². The molecule has 0 bridgehead atoms. The highest BCUT2D eigenvalue weighted by atomic mass is 35.5. The Labute approximate surface area is 109 Å². The summed E-state index contributed by atoms with van der Waals surface area (Å²) < 4.78 is 8.30. The van der Waals surface area contributed by atoms with E-state index in [4.69, 9.17) is 28.6 Å². The fourth-order valence-electron chi connectivity index (χ4n) is 2.35. The van der Waals surface area contributed by atoms with Crippen molar-refractivity contribution in [1.29, 1.82) is 0 Å². The zero-order chi connectivity index (χ0) is 12.0. The maximum Gasteiger partial charge on any atom is 0.179 e. The highest BCUT2D eigenvalue weighted by molar-refractivity contribution is 7.71. The van der Waals surface area contributed by atoms with Gasteiger partial charge in [0.1, 0.15) is 0 Å². The van der Waals surface area contributed by atoms with Gasteiger partial charge in [0.2, 0.25) is 0 Å². The van der Waals surface area contributed by atoms with Crippen molar-refractivity contribution in [3.05, 3.63) is 22.1 Å². The first-order valence-electron chi connectivity index (χ1n) is 5.54. The minimum absolute atomic E-state index is 0.165. The van der Waals surface area contributed by atoms with E-state index >= 15 is 0 Å². The molecule has 2 unspecified atom stereocenters. The largest absolute Gasteiger partial charge is 0.376 e. The van der Waals surface area contributed by atoms with Gasteiger partial charge in [0.15, 0.2) is 10.4 Å². The van der Waals surface area contributed by atoms with Crippen LogP contribution in [0.1, 0.15) is 19.4 Å². The summed E-state index contributed by atoms with van der Waals surface area (Å²) in [6.45, 7) is 2.84. The molecule has 3 rings (SSSR count). The van der Waals surface area contributed by atoms with Gasteiger partial charge in [-0.3, -0.25) is 4.57 Å². The van der Waals surface area contributed by atoms with E-state index in [2.05, 4.69) is 16.9 Å². The van der Waals surface area contributed by atoms with Gasteiger partial charge in [0, 0.05) is 12.8 Å². The fraction of sp³-hybridized carbons (Fsp3) is 0.455. The average Bonchev–Trinajstić information content (AvgIpc) is 2.80. The molecule has 0 radical (unpaired) electrons. The summed E-state index contributed by atoms with van der Waals surface area (Å²) in [5.74, 6) is 0. The topological polar surface area (TPSA) is 42.8 Å². The van der Waals surface area contributed by atoms with Crippen LogP contribution in [-0.4, -0.2) is 27.2 Å². The van der Waals surface area contributed by atoms with Gasteiger partial charge in [-0.05, 0) is 31.6 Å². The number of aromatic nitrogens is 3. The van der Waals surface area contributed by atoms with Crippen LogP contribution in [0.25, 0.3) is 11.2 Å². The SMILES string of the molecule is CC1OCCC1n1c(=S)[nH]c2cc(Cl)cnc21. The number of nitrogens with zero attached hydrogens (tertiary/aromatic N) is 2. The van der Waals surface area contributed by atoms with Crippen molar-refractivity contribution in [2.24, 2.45) is 0 Å². The van der Waals surface area contributed by atoms with Crippen LogP contribution in [0, 0.1) is 4.77 Å². The van der Waals surface area contributed by atoms with Crippen molar-refractivity contribution in [3.63, 3.8) is 0 Å². The van der Waals surface area contributed by atoms with E-state index in [1.807, 2.05) is 10.6 Å². The van der Waals surface area contributed by atoms with Gasteiger partial charge in [-0.2, -0.15) is 0 Å². The van der Waals surface area contributed by atoms with Crippen LogP contribution in [0.5, 0.6) is 0 Å². The smallest absolute Gasteiger partial charge is 0.179 e. The number of fused-ring (bicyclic) bond motifs is 1. The van der Waals surface area contributed by atoms with Crippen molar-refractivity contribution < 1.29 is 4.74 Å². The van der Waals surface area contributed by atoms with Gasteiger partial charge in [0.05, 0.1) is 22.7 Å². The quantitative estimate of drug-likeness (QED) is 0.809. The molecule has 0 aliphatic carbocycles. The zero-order valence-corrected chi connectivity index (χ0v) is 10.9. The second-order valence-electron chi connectivity index (χ2n) is 4.26. The van der Waals surface area contributed by atoms with Crippen LogP contribution >= 0.6 is 23.8 Å². The molecule has 0 saturated carbocycles. The Bertz CT molecular complexity index is 621. The molecule has 4 nitrogen and oxygen atoms in total. The molecule has 1 saturated heterocycles. The monoisotopic (exact) mass is 269 g/mol. The van der Waals surface area contributed by atoms with Crippen molar-refractivity contribution in [1.82, 2.24) is 14.5 Å². The molecule has 17 heavy (non-hydrogen) atoms. The van der Waals surface area contributed by atoms with E-state index in [0.717, 1.165) is 24.2 Å². The summed E-state index contributed by atoms with van der Waals surface area (Å²) in [5.41, 5.74) is 1.73. The second-order valence-corrected chi connectivity index (χ2v) is 5.08. The predicted molar refractivity (Wildman–Crippen MR) is 69.0 cm³/mol. The summed E-state index contributed by atoms with van der Waals surface area (Å²) in [5, 5.41) is 0.608. The lowest BCUT2D eigenvalue weighted by Gasteiger charge is -2.16. The molecule has 2 aromatic rings. The minimum atomic E-state index is 0.165. The van der Waals surface area contributed by atoms with Gasteiger partial charge in [-0.25, -0.2) is 4.98 Å². The lowest BCUT2D eigenvalue weighted by atomic mass is 10.1. The molecule has 0 spiro atoms. The Morgan fingerprint density at radius 3 is 3.18 bits per heavy atom. The van der Waals surface area contributed by atoms with Crippen LogP contribution in [-0.2, 0) is 4.74 Å². The van der Waals surface area contributed by atoms with Crippen LogP contribution in [0.4, 0.5) is 0 Å². The number of imidazole rings is 1. The molecule has 1 aliphatic heterocycles. The van der Waals surface area contributed by atoms with E-state index in [1.165, 1.54) is 0 Å². The molecular formula is C11H12ClN3OS. The maximum absolute atomic E-state index is 5.92. The fourth-order valence-corrected chi connectivity index (χ4v) is 2.84. The molecule has 3 heterocycles. The van der Waals surface area contributed by atoms with Crippen molar-refractivity contribution in [2.75, 3.05) is 6.61 Å². The molecule has 1 aliphatic rings. The lowest BCUT2D eigenvalue weighted by molar-refractivity contribution is 0.108. The van der Waals surface area contributed by atoms with Crippen LogP contribution in [0.2, 0.25) is 5.02 Å². The first kappa shape index (κ1) is 11.2. The highest BCUT2D eigenvalue weighted by Gasteiger charge is 2.28. The van der Waals surface area contributed by atoms with Gasteiger partial charge in [-0.1, -0.05) is 11.6 Å². The number of pyridine rings is 1. The van der Waals surface area contributed by atoms with E-state index in [9.17, 15) is 0 Å². The standard InChI is InChI=1S/C11H12ClN3OS/c1-6-9(2-3-16-6)15-10-8(14-11(15)17)4-7(12)5-13-10/h4-6,9H,2-3H2,1H3,(H,14,17). The van der Waals surface area contributed by atoms with Crippen LogP contribution in [0.3, 0.4) is 0 Å². The Balaban J connectivity index is 2.22. The summed E-state index contributed by atoms with van der Waals surface area (Å²) in [6.07, 6.45) is 2.77. The van der Waals surface area contributed by atoms with Crippen molar-refractivity contribution in [3.8, 4) is 0 Å². The first-order chi connectivity index (χ1) is 8.16. The molecule has 2 atom stereocenters. The Morgan fingerprint density at radius 2 is 2.47 bits per heavy atom. The molecule has 0 aromatic carbocycles. The van der Waals surface area contributed by atoms with E-state index < -0.39 is 0 Å². The Kier molecular flexibility index (Phi) is 2.69. The van der Waals surface area contributed by atoms with Gasteiger partial charge in [-0.15, -0.1) is 0 Å². The third-order valence-electron chi connectivity index (χ3n) is 3.19. The van der Waals surface area contributed by atoms with E-state index in [-0.39, 0.29) is 12.1 Å². The van der Waals surface area contributed by atoms with E-state index in [1.54, 1.807) is 6.20 Å². The number of halogens is 1. The third kappa shape index (κ3) is 1.78. The van der Waals surface area contributed by atoms with Crippen LogP contribution in [0.15, 0.2) is 12.3 Å². The zero-order valence-electron chi connectivity index (χ0n) is 9.31. The summed E-state index contributed by atoms with van der Waals surface area (Å²) in [6, 6.07) is 2.10. The maximum atomic E-state index is 5.92. The Hall–Kier alpha value is -0.910. The normalized spacial score (nSPS) is 24.6. The summed E-state index contributed by atoms with van der Waals surface area (Å²) >= 11 is 11.3. The lowest BCUT2D eigenvalue weighted by Crippen LogP contribution is -2.17. The minimum Gasteiger partial charge on any atom is -0.376 e. The first-order valence-corrected chi connectivity index (χ1v) is 6.33. The number of H-pyrrole nitrogens is 1. The molecule has 6 heteroatoms. The molecular weight excluding hydrogens is 258 g/mol. The number of aromatic amines is 1. The van der Waals surface area contributed by atoms with Crippen molar-refractivity contribution >= 4 is 35.0 Å². The number of nitrogens with one attached hydrogen (secondary N) is 1. The average molecular weight is 270 g/mol. The third-order valence-corrected chi connectivity index (χ3v) is 3.70. The molecule has 0 amide bonds. The predicted octanol–water partition coefficient (Wildman–Crippen LogP) is 3.10. The second kappa shape index (κ2) is 4.08. The summed E-state index contributed by atoms with van der Waals surface area (Å²) in [7, 11) is 0. The molecule has 2 aromatic heterocycles. The number of hydrogen-bond donors (Lipinski definition) is 1. The molecule has 1 fully saturated rings. The van der Waals surface area contributed by atoms with E-state index in [0.29, 0.717) is 9.79 Å². The summed E-state index contributed by atoms with van der Waals surface area (Å²) in [4.78, 5) is 7.50. The van der Waals surface area contributed by atoms with Gasteiger partial charge < -0.3 is 9.72 Å².